The molecule has 19 heavy (non-hydrogen) atoms. The summed E-state index contributed by atoms with van der Waals surface area (Å²) in [6, 6.07) is 2.65. The number of hydrogen-bond donors (Lipinski definition) is 2. The van der Waals surface area contributed by atoms with Crippen LogP contribution in [-0.4, -0.2) is 35.2 Å². The monoisotopic (exact) mass is 290 g/mol. The van der Waals surface area contributed by atoms with E-state index in [4.69, 9.17) is 4.74 Å². The fourth-order valence-corrected chi connectivity index (χ4v) is 2.89. The van der Waals surface area contributed by atoms with Crippen LogP contribution in [0.15, 0.2) is 17.0 Å². The van der Waals surface area contributed by atoms with Crippen molar-refractivity contribution in [3.63, 3.8) is 0 Å². The molecule has 0 atom stereocenters. The molecule has 0 amide bonds. The Morgan fingerprint density at radius 3 is 2.58 bits per heavy atom. The van der Waals surface area contributed by atoms with Gasteiger partial charge in [0.1, 0.15) is 0 Å². The Balaban J connectivity index is 2.93. The van der Waals surface area contributed by atoms with Crippen LogP contribution >= 0.6 is 0 Å². The third-order valence-electron chi connectivity index (χ3n) is 2.65. The number of likely N-dealkylation sites (N-methyl/N-ethyl adjacent to an activating group) is 1. The highest BCUT2D eigenvalue weighted by molar-refractivity contribution is 7.89. The van der Waals surface area contributed by atoms with Crippen LogP contribution in [0.3, 0.4) is 0 Å². The van der Waals surface area contributed by atoms with Crippen LogP contribution in [0.5, 0.6) is 5.75 Å². The topological polar surface area (TPSA) is 67.4 Å². The van der Waals surface area contributed by atoms with Crippen LogP contribution < -0.4 is 14.8 Å². The summed E-state index contributed by atoms with van der Waals surface area (Å²) in [5, 5.41) is 3.00. The number of halogens is 1. The lowest BCUT2D eigenvalue weighted by Crippen LogP contribution is -2.32. The normalized spacial score (nSPS) is 11.6. The molecule has 0 saturated heterocycles. The van der Waals surface area contributed by atoms with Crippen molar-refractivity contribution in [3.8, 4) is 5.75 Å². The molecule has 0 saturated carbocycles. The lowest BCUT2D eigenvalue weighted by atomic mass is 10.2. The minimum atomic E-state index is -3.70. The Hall–Kier alpha value is -1.18. The van der Waals surface area contributed by atoms with Gasteiger partial charge in [-0.3, -0.25) is 0 Å². The number of methoxy groups -OCH3 is 1. The number of nitrogens with one attached hydrogen (secondary N) is 2. The number of hydrogen-bond acceptors (Lipinski definition) is 4. The summed E-state index contributed by atoms with van der Waals surface area (Å²) >= 11 is 0. The van der Waals surface area contributed by atoms with E-state index < -0.39 is 15.8 Å². The fourth-order valence-electron chi connectivity index (χ4n) is 1.62. The van der Waals surface area contributed by atoms with Gasteiger partial charge < -0.3 is 10.1 Å². The van der Waals surface area contributed by atoms with Crippen molar-refractivity contribution < 1.29 is 17.5 Å². The lowest BCUT2D eigenvalue weighted by molar-refractivity contribution is 0.384. The summed E-state index contributed by atoms with van der Waals surface area (Å²) in [5.41, 5.74) is 0.0512. The van der Waals surface area contributed by atoms with Crippen molar-refractivity contribution >= 4 is 10.0 Å². The first-order chi connectivity index (χ1) is 8.94. The van der Waals surface area contributed by atoms with Gasteiger partial charge in [-0.25, -0.2) is 17.5 Å². The molecule has 0 aromatic heterocycles. The minimum Gasteiger partial charge on any atom is -0.494 e. The van der Waals surface area contributed by atoms with Crippen LogP contribution in [0, 0.1) is 12.7 Å². The molecule has 0 aliphatic rings. The fraction of sp³-hybridized carbons (Fsp3) is 0.500. The van der Waals surface area contributed by atoms with Crippen LogP contribution in [0.25, 0.3) is 0 Å². The molecular formula is C12H19FN2O3S. The first-order valence-corrected chi connectivity index (χ1v) is 7.45. The molecule has 0 bridgehead atoms. The van der Waals surface area contributed by atoms with Gasteiger partial charge in [0.05, 0.1) is 12.0 Å². The average molecular weight is 290 g/mol. The van der Waals surface area contributed by atoms with Gasteiger partial charge >= 0.3 is 0 Å². The molecule has 0 heterocycles. The van der Waals surface area contributed by atoms with Gasteiger partial charge in [-0.2, -0.15) is 0 Å². The second kappa shape index (κ2) is 6.83. The number of rotatable bonds is 7. The van der Waals surface area contributed by atoms with Gasteiger partial charge in [0.15, 0.2) is 11.6 Å². The molecule has 0 radical (unpaired) electrons. The second-order valence-electron chi connectivity index (χ2n) is 3.96. The lowest BCUT2D eigenvalue weighted by Gasteiger charge is -2.12. The number of ether oxygens (including phenoxy) is 1. The predicted molar refractivity (Wildman–Crippen MR) is 71.4 cm³/mol. The Bertz CT molecular complexity index is 532. The van der Waals surface area contributed by atoms with Crippen molar-refractivity contribution in [1.29, 1.82) is 0 Å². The van der Waals surface area contributed by atoms with E-state index in [1.165, 1.54) is 26.2 Å². The zero-order chi connectivity index (χ0) is 14.5. The van der Waals surface area contributed by atoms with E-state index in [0.29, 0.717) is 6.54 Å². The molecule has 0 spiro atoms. The van der Waals surface area contributed by atoms with E-state index in [0.717, 1.165) is 6.54 Å². The Morgan fingerprint density at radius 1 is 1.32 bits per heavy atom. The van der Waals surface area contributed by atoms with E-state index in [2.05, 4.69) is 10.0 Å². The maximum atomic E-state index is 13.8. The van der Waals surface area contributed by atoms with Crippen molar-refractivity contribution in [2.45, 2.75) is 18.7 Å². The summed E-state index contributed by atoms with van der Waals surface area (Å²) in [7, 11) is -2.37. The first-order valence-electron chi connectivity index (χ1n) is 5.97. The van der Waals surface area contributed by atoms with Gasteiger partial charge in [0.25, 0.3) is 0 Å². The molecule has 1 aromatic carbocycles. The van der Waals surface area contributed by atoms with Gasteiger partial charge in [-0.05, 0) is 25.6 Å². The highest BCUT2D eigenvalue weighted by Gasteiger charge is 2.20. The molecule has 7 heteroatoms. The standard InChI is InChI=1S/C12H19FN2O3S/c1-4-14-7-8-15-19(16,17)11-6-5-10(18-3)12(13)9(11)2/h5-6,14-15H,4,7-8H2,1-3H3. The second-order valence-corrected chi connectivity index (χ2v) is 5.69. The third-order valence-corrected chi connectivity index (χ3v) is 4.26. The first kappa shape index (κ1) is 15.9. The number of benzene rings is 1. The van der Waals surface area contributed by atoms with E-state index >= 15 is 0 Å². The van der Waals surface area contributed by atoms with Crippen molar-refractivity contribution in [3.05, 3.63) is 23.5 Å². The third kappa shape index (κ3) is 3.89. The average Bonchev–Trinajstić information content (AvgIpc) is 2.37. The van der Waals surface area contributed by atoms with Crippen molar-refractivity contribution in [2.75, 3.05) is 26.7 Å². The van der Waals surface area contributed by atoms with Gasteiger partial charge in [-0.1, -0.05) is 6.92 Å². The molecule has 0 unspecified atom stereocenters. The van der Waals surface area contributed by atoms with Crippen molar-refractivity contribution in [1.82, 2.24) is 10.0 Å². The smallest absolute Gasteiger partial charge is 0.240 e. The highest BCUT2D eigenvalue weighted by atomic mass is 32.2. The molecular weight excluding hydrogens is 271 g/mol. The van der Waals surface area contributed by atoms with E-state index in [1.54, 1.807) is 0 Å². The molecule has 108 valence electrons. The number of sulfonamides is 1. The molecule has 2 N–H and O–H groups in total. The predicted octanol–water partition coefficient (Wildman–Crippen LogP) is 1.03. The summed E-state index contributed by atoms with van der Waals surface area (Å²) in [6.45, 7) is 4.88. The van der Waals surface area contributed by atoms with Gasteiger partial charge in [0, 0.05) is 18.7 Å². The molecule has 1 aromatic rings. The SMILES string of the molecule is CCNCCNS(=O)(=O)c1ccc(OC)c(F)c1C. The van der Waals surface area contributed by atoms with Crippen molar-refractivity contribution in [2.24, 2.45) is 0 Å². The maximum Gasteiger partial charge on any atom is 0.240 e. The van der Waals surface area contributed by atoms with Crippen LogP contribution in [-0.2, 0) is 10.0 Å². The Labute approximate surface area is 113 Å². The zero-order valence-corrected chi connectivity index (χ0v) is 12.1. The van der Waals surface area contributed by atoms with Crippen LogP contribution in [0.4, 0.5) is 4.39 Å². The minimum absolute atomic E-state index is 0.0316. The molecule has 5 nitrogen and oxygen atoms in total. The van der Waals surface area contributed by atoms with Crippen LogP contribution in [0.2, 0.25) is 0 Å². The Kier molecular flexibility index (Phi) is 5.71. The van der Waals surface area contributed by atoms with Gasteiger partial charge in [-0.15, -0.1) is 0 Å². The summed E-state index contributed by atoms with van der Waals surface area (Å²) in [5.74, 6) is -0.624. The van der Waals surface area contributed by atoms with Crippen LogP contribution in [0.1, 0.15) is 12.5 Å². The summed E-state index contributed by atoms with van der Waals surface area (Å²) in [6.07, 6.45) is 0. The van der Waals surface area contributed by atoms with Gasteiger partial charge in [0.2, 0.25) is 10.0 Å². The molecule has 0 fully saturated rings. The highest BCUT2D eigenvalue weighted by Crippen LogP contribution is 2.25. The molecule has 1 rings (SSSR count). The largest absolute Gasteiger partial charge is 0.494 e. The quantitative estimate of drug-likeness (QED) is 0.736. The Morgan fingerprint density at radius 2 is 2.00 bits per heavy atom. The van der Waals surface area contributed by atoms with E-state index in [-0.39, 0.29) is 22.8 Å². The zero-order valence-electron chi connectivity index (χ0n) is 11.3. The summed E-state index contributed by atoms with van der Waals surface area (Å²) < 4.78 is 45.1. The summed E-state index contributed by atoms with van der Waals surface area (Å²) in [4.78, 5) is -0.0673. The van der Waals surface area contributed by atoms with E-state index in [9.17, 15) is 12.8 Å². The van der Waals surface area contributed by atoms with E-state index in [1.807, 2.05) is 6.92 Å². The molecule has 0 aliphatic heterocycles. The maximum absolute atomic E-state index is 13.8. The molecule has 0 aliphatic carbocycles.